The van der Waals surface area contributed by atoms with Crippen molar-refractivity contribution < 1.29 is 14.3 Å². The first kappa shape index (κ1) is 26.2. The first-order chi connectivity index (χ1) is 16.2. The lowest BCUT2D eigenvalue weighted by atomic mass is 10.1. The molecule has 0 atom stereocenters. The number of anilines is 1. The van der Waals surface area contributed by atoms with Gasteiger partial charge < -0.3 is 14.8 Å². The Morgan fingerprint density at radius 2 is 1.85 bits per heavy atom. The zero-order chi connectivity index (χ0) is 24.8. The van der Waals surface area contributed by atoms with E-state index in [4.69, 9.17) is 55.9 Å². The Kier molecular flexibility index (Phi) is 9.12. The fourth-order valence-electron chi connectivity index (χ4n) is 2.82. The van der Waals surface area contributed by atoms with E-state index in [1.165, 1.54) is 13.2 Å². The molecule has 0 saturated carbocycles. The van der Waals surface area contributed by atoms with Crippen LogP contribution in [0.25, 0.3) is 6.08 Å². The number of amides is 1. The predicted octanol–water partition coefficient (Wildman–Crippen LogP) is 8.20. The van der Waals surface area contributed by atoms with Crippen LogP contribution in [0.4, 0.5) is 5.69 Å². The van der Waals surface area contributed by atoms with E-state index in [9.17, 15) is 10.1 Å². The number of benzene rings is 3. The zero-order valence-corrected chi connectivity index (χ0v) is 22.1. The molecule has 0 fully saturated rings. The fraction of sp³-hybridized carbons (Fsp3) is 0.0833. The van der Waals surface area contributed by atoms with Crippen LogP contribution in [0.3, 0.4) is 0 Å². The maximum absolute atomic E-state index is 12.7. The summed E-state index contributed by atoms with van der Waals surface area (Å²) in [5.74, 6) is 0.191. The highest BCUT2D eigenvalue weighted by atomic mass is 79.9. The quantitative estimate of drug-likeness (QED) is 0.219. The Labute approximate surface area is 224 Å². The van der Waals surface area contributed by atoms with Gasteiger partial charge >= 0.3 is 0 Å². The highest BCUT2D eigenvalue weighted by Gasteiger charge is 2.16. The van der Waals surface area contributed by atoms with Gasteiger partial charge in [-0.15, -0.1) is 0 Å². The van der Waals surface area contributed by atoms with E-state index in [1.54, 1.807) is 48.5 Å². The van der Waals surface area contributed by atoms with Crippen LogP contribution in [0.15, 0.2) is 58.6 Å². The lowest BCUT2D eigenvalue weighted by Crippen LogP contribution is -2.13. The molecule has 3 rings (SSSR count). The van der Waals surface area contributed by atoms with Crippen molar-refractivity contribution in [3.05, 3.63) is 89.8 Å². The molecule has 0 radical (unpaired) electrons. The molecule has 1 amide bonds. The topological polar surface area (TPSA) is 71.3 Å². The number of carbonyl (C=O) groups is 1. The van der Waals surface area contributed by atoms with Gasteiger partial charge in [0, 0.05) is 20.1 Å². The van der Waals surface area contributed by atoms with Crippen LogP contribution < -0.4 is 14.8 Å². The summed E-state index contributed by atoms with van der Waals surface area (Å²) >= 11 is 27.7. The van der Waals surface area contributed by atoms with E-state index in [0.717, 1.165) is 5.56 Å². The molecular weight excluding hydrogens is 586 g/mol. The van der Waals surface area contributed by atoms with Gasteiger partial charge in [0.25, 0.3) is 5.91 Å². The van der Waals surface area contributed by atoms with Crippen LogP contribution >= 0.6 is 62.3 Å². The van der Waals surface area contributed by atoms with Crippen molar-refractivity contribution in [1.82, 2.24) is 0 Å². The van der Waals surface area contributed by atoms with Crippen molar-refractivity contribution in [2.24, 2.45) is 0 Å². The van der Waals surface area contributed by atoms with Gasteiger partial charge in [-0.25, -0.2) is 0 Å². The molecule has 34 heavy (non-hydrogen) atoms. The van der Waals surface area contributed by atoms with Crippen LogP contribution in [0.2, 0.25) is 20.1 Å². The number of ether oxygens (including phenoxy) is 2. The number of nitrogens with zero attached hydrogens (tertiary/aromatic N) is 1. The summed E-state index contributed by atoms with van der Waals surface area (Å²) in [6, 6.07) is 15.1. The van der Waals surface area contributed by atoms with E-state index in [2.05, 4.69) is 21.2 Å². The molecule has 0 heterocycles. The van der Waals surface area contributed by atoms with Crippen molar-refractivity contribution in [2.45, 2.75) is 6.61 Å². The average molecular weight is 601 g/mol. The van der Waals surface area contributed by atoms with Gasteiger partial charge in [-0.2, -0.15) is 5.26 Å². The Bertz CT molecular complexity index is 1320. The number of nitriles is 1. The fourth-order valence-corrected chi connectivity index (χ4v) is 4.07. The van der Waals surface area contributed by atoms with Gasteiger partial charge in [-0.05, 0) is 48.0 Å². The number of rotatable bonds is 7. The van der Waals surface area contributed by atoms with Gasteiger partial charge in [-0.1, -0.05) is 74.5 Å². The summed E-state index contributed by atoms with van der Waals surface area (Å²) < 4.78 is 11.9. The number of nitrogens with one attached hydrogen (secondary N) is 1. The molecule has 0 aliphatic rings. The third kappa shape index (κ3) is 6.38. The average Bonchev–Trinajstić information content (AvgIpc) is 2.80. The molecule has 0 aliphatic carbocycles. The van der Waals surface area contributed by atoms with Crippen molar-refractivity contribution in [1.29, 1.82) is 5.26 Å². The summed E-state index contributed by atoms with van der Waals surface area (Å²) in [5, 5.41) is 13.6. The van der Waals surface area contributed by atoms with E-state index in [1.807, 2.05) is 6.07 Å². The summed E-state index contributed by atoms with van der Waals surface area (Å²) in [7, 11) is 1.48. The second kappa shape index (κ2) is 11.8. The Balaban J connectivity index is 1.84. The second-order valence-electron chi connectivity index (χ2n) is 6.77. The molecule has 0 aliphatic heterocycles. The molecule has 0 unspecified atom stereocenters. The maximum atomic E-state index is 12.7. The highest BCUT2D eigenvalue weighted by Crippen LogP contribution is 2.36. The van der Waals surface area contributed by atoms with Crippen molar-refractivity contribution >= 4 is 80.0 Å². The lowest BCUT2D eigenvalue weighted by molar-refractivity contribution is -0.112. The van der Waals surface area contributed by atoms with E-state index in [0.29, 0.717) is 37.3 Å². The first-order valence-electron chi connectivity index (χ1n) is 9.55. The Morgan fingerprint density at radius 3 is 2.53 bits per heavy atom. The molecule has 10 heteroatoms. The standard InChI is InChI=1S/C24H15BrCl4N2O3/c1-33-21-8-14(7-15(11-30)24(32)31-20-4-2-3-18(27)23(20)29)17(25)10-22(21)34-12-13-5-6-16(26)9-19(13)28/h2-10H,12H2,1H3,(H,31,32)/b15-7-. The van der Waals surface area contributed by atoms with E-state index in [-0.39, 0.29) is 22.2 Å². The largest absolute Gasteiger partial charge is 0.493 e. The zero-order valence-electron chi connectivity index (χ0n) is 17.5. The van der Waals surface area contributed by atoms with Crippen molar-refractivity contribution in [3.63, 3.8) is 0 Å². The second-order valence-corrected chi connectivity index (χ2v) is 9.26. The SMILES string of the molecule is COc1cc(/C=C(/C#N)C(=O)Nc2cccc(Cl)c2Cl)c(Br)cc1OCc1ccc(Cl)cc1Cl. The van der Waals surface area contributed by atoms with Gasteiger partial charge in [-0.3, -0.25) is 4.79 Å². The summed E-state index contributed by atoms with van der Waals surface area (Å²) in [4.78, 5) is 12.7. The number of hydrogen-bond donors (Lipinski definition) is 1. The molecular formula is C24H15BrCl4N2O3. The first-order valence-corrected chi connectivity index (χ1v) is 11.9. The lowest BCUT2D eigenvalue weighted by Gasteiger charge is -2.14. The Morgan fingerprint density at radius 1 is 1.09 bits per heavy atom. The van der Waals surface area contributed by atoms with Crippen LogP contribution in [-0.4, -0.2) is 13.0 Å². The number of hydrogen-bond acceptors (Lipinski definition) is 4. The normalized spacial score (nSPS) is 11.0. The summed E-state index contributed by atoms with van der Waals surface area (Å²) in [6.45, 7) is 0.181. The van der Waals surface area contributed by atoms with Gasteiger partial charge in [0.15, 0.2) is 11.5 Å². The van der Waals surface area contributed by atoms with Crippen LogP contribution in [0.5, 0.6) is 11.5 Å². The molecule has 0 bridgehead atoms. The third-order valence-corrected chi connectivity index (χ3v) is 6.64. The van der Waals surface area contributed by atoms with E-state index < -0.39 is 5.91 Å². The van der Waals surface area contributed by atoms with Gasteiger partial charge in [0.2, 0.25) is 0 Å². The van der Waals surface area contributed by atoms with Gasteiger partial charge in [0.05, 0.1) is 22.8 Å². The maximum Gasteiger partial charge on any atom is 0.266 e. The molecule has 1 N–H and O–H groups in total. The Hall–Kier alpha value is -2.40. The number of halogens is 5. The summed E-state index contributed by atoms with van der Waals surface area (Å²) in [5.41, 5.74) is 1.41. The minimum atomic E-state index is -0.643. The van der Waals surface area contributed by atoms with Crippen LogP contribution in [-0.2, 0) is 11.4 Å². The molecule has 5 nitrogen and oxygen atoms in total. The molecule has 3 aromatic carbocycles. The molecule has 0 saturated heterocycles. The highest BCUT2D eigenvalue weighted by molar-refractivity contribution is 9.10. The molecule has 0 spiro atoms. The monoisotopic (exact) mass is 598 g/mol. The number of carbonyl (C=O) groups excluding carboxylic acids is 1. The minimum Gasteiger partial charge on any atom is -0.493 e. The van der Waals surface area contributed by atoms with Crippen molar-refractivity contribution in [2.75, 3.05) is 12.4 Å². The van der Waals surface area contributed by atoms with Crippen molar-refractivity contribution in [3.8, 4) is 17.6 Å². The summed E-state index contributed by atoms with van der Waals surface area (Å²) in [6.07, 6.45) is 1.42. The molecule has 3 aromatic rings. The van der Waals surface area contributed by atoms with Crippen LogP contribution in [0.1, 0.15) is 11.1 Å². The smallest absolute Gasteiger partial charge is 0.266 e. The molecule has 174 valence electrons. The van der Waals surface area contributed by atoms with Crippen LogP contribution in [0, 0.1) is 11.3 Å². The van der Waals surface area contributed by atoms with Gasteiger partial charge in [0.1, 0.15) is 18.2 Å². The van der Waals surface area contributed by atoms with E-state index >= 15 is 0 Å². The molecule has 0 aromatic heterocycles. The third-order valence-electron chi connectivity index (χ3n) is 4.55. The number of methoxy groups -OCH3 is 1. The predicted molar refractivity (Wildman–Crippen MR) is 140 cm³/mol. The minimum absolute atomic E-state index is 0.152.